The van der Waals surface area contributed by atoms with Crippen LogP contribution in [0.3, 0.4) is 0 Å². The van der Waals surface area contributed by atoms with Crippen molar-refractivity contribution in [3.8, 4) is 0 Å². The molecule has 2 heterocycles. The van der Waals surface area contributed by atoms with E-state index in [0.717, 1.165) is 11.9 Å². The maximum Gasteiger partial charge on any atom is 0.0719 e. The van der Waals surface area contributed by atoms with Crippen LogP contribution in [0.2, 0.25) is 0 Å². The van der Waals surface area contributed by atoms with Crippen LogP contribution >= 0.6 is 8.19 Å². The van der Waals surface area contributed by atoms with Gasteiger partial charge in [0.15, 0.2) is 0 Å². The average molecular weight is 258 g/mol. The Bertz CT molecular complexity index is 621. The fourth-order valence-electron chi connectivity index (χ4n) is 2.92. The van der Waals surface area contributed by atoms with E-state index in [-0.39, 0.29) is 0 Å². The van der Waals surface area contributed by atoms with Crippen molar-refractivity contribution < 1.29 is 0 Å². The van der Waals surface area contributed by atoms with E-state index >= 15 is 0 Å². The predicted molar refractivity (Wildman–Crippen MR) is 79.7 cm³/mol. The zero-order valence-electron chi connectivity index (χ0n) is 11.4. The number of benzene rings is 1. The van der Waals surface area contributed by atoms with Crippen molar-refractivity contribution in [2.75, 3.05) is 5.32 Å². The minimum Gasteiger partial charge on any atom is -0.382 e. The van der Waals surface area contributed by atoms with Gasteiger partial charge in [-0.3, -0.25) is 4.98 Å². The SMILES string of the molecule is Cc1pcnc2cc3c(c(C)c12)NC(C)C(C)C3. The molecule has 94 valence electrons. The molecular weight excluding hydrogens is 239 g/mol. The smallest absolute Gasteiger partial charge is 0.0719 e. The molecule has 0 amide bonds. The largest absolute Gasteiger partial charge is 0.382 e. The summed E-state index contributed by atoms with van der Waals surface area (Å²) in [5.74, 6) is 2.69. The Morgan fingerprint density at radius 1 is 1.33 bits per heavy atom. The van der Waals surface area contributed by atoms with E-state index in [1.165, 1.54) is 35.7 Å². The Morgan fingerprint density at radius 3 is 2.89 bits per heavy atom. The van der Waals surface area contributed by atoms with Gasteiger partial charge in [-0.1, -0.05) is 15.1 Å². The molecule has 1 N–H and O–H groups in total. The third-order valence-electron chi connectivity index (χ3n) is 4.22. The molecule has 0 spiro atoms. The van der Waals surface area contributed by atoms with Crippen LogP contribution in [-0.2, 0) is 6.42 Å². The quantitative estimate of drug-likeness (QED) is 0.756. The van der Waals surface area contributed by atoms with Crippen molar-refractivity contribution in [2.24, 2.45) is 5.92 Å². The second-order valence-corrected chi connectivity index (χ2v) is 6.66. The Kier molecular flexibility index (Phi) is 2.79. The Morgan fingerprint density at radius 2 is 2.11 bits per heavy atom. The average Bonchev–Trinajstić information content (AvgIpc) is 2.32. The Labute approximate surface area is 110 Å². The van der Waals surface area contributed by atoms with Gasteiger partial charge >= 0.3 is 0 Å². The monoisotopic (exact) mass is 258 g/mol. The second-order valence-electron chi connectivity index (χ2n) is 5.50. The number of hydrogen-bond donors (Lipinski definition) is 1. The third-order valence-corrected chi connectivity index (χ3v) is 5.06. The zero-order chi connectivity index (χ0) is 12.9. The van der Waals surface area contributed by atoms with Crippen LogP contribution in [0, 0.1) is 19.8 Å². The highest BCUT2D eigenvalue weighted by Gasteiger charge is 2.23. The zero-order valence-corrected chi connectivity index (χ0v) is 12.3. The van der Waals surface area contributed by atoms with Crippen LogP contribution < -0.4 is 5.32 Å². The fourth-order valence-corrected chi connectivity index (χ4v) is 3.69. The number of aryl methyl sites for hydroxylation is 2. The van der Waals surface area contributed by atoms with Crippen molar-refractivity contribution in [3.63, 3.8) is 0 Å². The molecule has 2 nitrogen and oxygen atoms in total. The summed E-state index contributed by atoms with van der Waals surface area (Å²) in [5.41, 5.74) is 5.32. The number of aromatic nitrogens is 1. The maximum atomic E-state index is 4.57. The molecule has 0 bridgehead atoms. The van der Waals surface area contributed by atoms with E-state index < -0.39 is 0 Å². The summed E-state index contributed by atoms with van der Waals surface area (Å²) in [5, 5.41) is 6.44. The summed E-state index contributed by atoms with van der Waals surface area (Å²) < 4.78 is 0. The molecule has 3 rings (SSSR count). The van der Waals surface area contributed by atoms with Crippen molar-refractivity contribution in [1.29, 1.82) is 0 Å². The minimum absolute atomic E-state index is 0.555. The first-order valence-electron chi connectivity index (χ1n) is 6.58. The molecule has 18 heavy (non-hydrogen) atoms. The first kappa shape index (κ1) is 11.9. The van der Waals surface area contributed by atoms with Gasteiger partial charge in [0.05, 0.1) is 11.4 Å². The second kappa shape index (κ2) is 4.20. The summed E-state index contributed by atoms with van der Waals surface area (Å²) >= 11 is 0. The van der Waals surface area contributed by atoms with Crippen LogP contribution in [0.15, 0.2) is 12.0 Å². The lowest BCUT2D eigenvalue weighted by Crippen LogP contribution is -2.31. The molecule has 3 heteroatoms. The molecule has 1 aromatic heterocycles. The number of fused-ring (bicyclic) bond motifs is 2. The minimum atomic E-state index is 0.555. The summed E-state index contributed by atoms with van der Waals surface area (Å²) in [6.45, 7) is 9.03. The van der Waals surface area contributed by atoms with Crippen LogP contribution in [0.1, 0.15) is 30.3 Å². The van der Waals surface area contributed by atoms with Gasteiger partial charge in [-0.15, -0.1) is 0 Å². The number of nitrogens with one attached hydrogen (secondary N) is 1. The first-order valence-corrected chi connectivity index (χ1v) is 7.54. The van der Waals surface area contributed by atoms with E-state index in [4.69, 9.17) is 0 Å². The van der Waals surface area contributed by atoms with Gasteiger partial charge in [0.2, 0.25) is 0 Å². The van der Waals surface area contributed by atoms with Gasteiger partial charge in [0.1, 0.15) is 0 Å². The Hall–Kier alpha value is -1.14. The Balaban J connectivity index is 2.30. The van der Waals surface area contributed by atoms with E-state index in [1.807, 2.05) is 5.93 Å². The number of rotatable bonds is 0. The number of anilines is 1. The van der Waals surface area contributed by atoms with E-state index in [1.54, 1.807) is 0 Å². The van der Waals surface area contributed by atoms with Crippen LogP contribution in [0.5, 0.6) is 0 Å². The van der Waals surface area contributed by atoms with E-state index in [9.17, 15) is 0 Å². The number of hydrogen-bond acceptors (Lipinski definition) is 2. The van der Waals surface area contributed by atoms with Gasteiger partial charge in [-0.2, -0.15) is 0 Å². The topological polar surface area (TPSA) is 24.9 Å². The predicted octanol–water partition coefficient (Wildman–Crippen LogP) is 4.42. The van der Waals surface area contributed by atoms with E-state index in [0.29, 0.717) is 12.0 Å². The van der Waals surface area contributed by atoms with Gasteiger partial charge in [-0.25, -0.2) is 0 Å². The van der Waals surface area contributed by atoms with Gasteiger partial charge < -0.3 is 5.32 Å². The molecular formula is C15H19N2P. The first-order chi connectivity index (χ1) is 8.58. The van der Waals surface area contributed by atoms with Crippen molar-refractivity contribution in [1.82, 2.24) is 4.98 Å². The highest BCUT2D eigenvalue weighted by atomic mass is 31.0. The lowest BCUT2D eigenvalue weighted by Gasteiger charge is -2.32. The third kappa shape index (κ3) is 1.71. The molecule has 1 aliphatic heterocycles. The number of nitrogens with zero attached hydrogens (tertiary/aromatic N) is 1. The lowest BCUT2D eigenvalue weighted by molar-refractivity contribution is 0.491. The fraction of sp³-hybridized carbons (Fsp3) is 0.467. The standard InChI is InChI=1S/C15H19N2P/c1-8-5-12-6-13-14(11(4)18-7-16-13)9(2)15(12)17-10(8)3/h6-8,10,17H,5H2,1-4H3. The van der Waals surface area contributed by atoms with Gasteiger partial charge in [0.25, 0.3) is 0 Å². The summed E-state index contributed by atoms with van der Waals surface area (Å²) in [6.07, 6.45) is 1.16. The molecule has 0 saturated carbocycles. The highest BCUT2D eigenvalue weighted by Crippen LogP contribution is 2.37. The molecule has 0 aliphatic carbocycles. The van der Waals surface area contributed by atoms with Crippen LogP contribution in [-0.4, -0.2) is 11.0 Å². The lowest BCUT2D eigenvalue weighted by atomic mass is 9.87. The van der Waals surface area contributed by atoms with Gasteiger partial charge in [-0.05, 0) is 55.6 Å². The molecule has 2 unspecified atom stereocenters. The maximum absolute atomic E-state index is 4.57. The van der Waals surface area contributed by atoms with Crippen molar-refractivity contribution in [2.45, 2.75) is 40.2 Å². The van der Waals surface area contributed by atoms with Crippen LogP contribution in [0.4, 0.5) is 5.69 Å². The summed E-state index contributed by atoms with van der Waals surface area (Å²) in [6, 6.07) is 2.83. The van der Waals surface area contributed by atoms with Crippen molar-refractivity contribution >= 4 is 24.8 Å². The van der Waals surface area contributed by atoms with E-state index in [2.05, 4.69) is 44.1 Å². The molecule has 1 aliphatic rings. The highest BCUT2D eigenvalue weighted by molar-refractivity contribution is 7.30. The molecule has 0 radical (unpaired) electrons. The van der Waals surface area contributed by atoms with Crippen LogP contribution in [0.25, 0.3) is 10.9 Å². The molecule has 0 fully saturated rings. The molecule has 0 saturated heterocycles. The summed E-state index contributed by atoms with van der Waals surface area (Å²) in [7, 11) is 1.23. The normalized spacial score (nSPS) is 23.1. The molecule has 2 aromatic rings. The molecule has 1 aromatic carbocycles. The van der Waals surface area contributed by atoms with Gasteiger partial charge in [0, 0.05) is 17.1 Å². The molecule has 2 atom stereocenters. The van der Waals surface area contributed by atoms with Crippen molar-refractivity contribution in [3.05, 3.63) is 28.4 Å². The summed E-state index contributed by atoms with van der Waals surface area (Å²) in [4.78, 5) is 4.57.